The molecule has 8 heteroatoms. The van der Waals surface area contributed by atoms with Crippen molar-refractivity contribution < 1.29 is 12.8 Å². The van der Waals surface area contributed by atoms with Gasteiger partial charge in [-0.2, -0.15) is 0 Å². The lowest BCUT2D eigenvalue weighted by Crippen LogP contribution is -2.50. The van der Waals surface area contributed by atoms with Crippen molar-refractivity contribution in [3.05, 3.63) is 11.8 Å². The van der Waals surface area contributed by atoms with Crippen molar-refractivity contribution in [2.45, 2.75) is 52.6 Å². The first-order valence-electron chi connectivity index (χ1n) is 8.20. The Balaban J connectivity index is 1.93. The molecule has 0 saturated carbocycles. The van der Waals surface area contributed by atoms with E-state index in [1.165, 1.54) is 6.26 Å². The first-order valence-corrected chi connectivity index (χ1v) is 10.0. The van der Waals surface area contributed by atoms with E-state index in [1.54, 1.807) is 4.31 Å². The molecule has 7 nitrogen and oxygen atoms in total. The molecule has 132 valence electrons. The van der Waals surface area contributed by atoms with E-state index < -0.39 is 10.0 Å². The van der Waals surface area contributed by atoms with Crippen LogP contribution in [0.5, 0.6) is 0 Å². The maximum absolute atomic E-state index is 11.6. The van der Waals surface area contributed by atoms with E-state index in [2.05, 4.69) is 36.3 Å². The Morgan fingerprint density at radius 2 is 2.04 bits per heavy atom. The molecular weight excluding hydrogens is 316 g/mol. The molecule has 1 N–H and O–H groups in total. The van der Waals surface area contributed by atoms with Crippen molar-refractivity contribution >= 4 is 10.0 Å². The number of rotatable bonds is 6. The molecule has 0 spiro atoms. The average molecular weight is 344 g/mol. The smallest absolute Gasteiger partial charge is 0.233 e. The van der Waals surface area contributed by atoms with Gasteiger partial charge in [-0.3, -0.25) is 0 Å². The van der Waals surface area contributed by atoms with Crippen LogP contribution in [0.15, 0.2) is 4.42 Å². The van der Waals surface area contributed by atoms with Crippen LogP contribution in [-0.2, 0) is 16.4 Å². The summed E-state index contributed by atoms with van der Waals surface area (Å²) in [5.74, 6) is 1.98. The van der Waals surface area contributed by atoms with Crippen LogP contribution >= 0.6 is 0 Å². The average Bonchev–Trinajstić information content (AvgIpc) is 2.87. The van der Waals surface area contributed by atoms with Crippen LogP contribution in [0.1, 0.15) is 51.9 Å². The number of hydrogen-bond acceptors (Lipinski definition) is 6. The predicted octanol–water partition coefficient (Wildman–Crippen LogP) is 1.59. The zero-order valence-electron chi connectivity index (χ0n) is 14.6. The maximum Gasteiger partial charge on any atom is 0.233 e. The highest BCUT2D eigenvalue weighted by Crippen LogP contribution is 2.22. The lowest BCUT2D eigenvalue weighted by molar-refractivity contribution is 0.203. The molecule has 0 aromatic carbocycles. The van der Waals surface area contributed by atoms with Crippen LogP contribution in [0.25, 0.3) is 0 Å². The third-order valence-electron chi connectivity index (χ3n) is 4.24. The Labute approximate surface area is 138 Å². The van der Waals surface area contributed by atoms with Crippen LogP contribution in [0.4, 0.5) is 0 Å². The highest BCUT2D eigenvalue weighted by molar-refractivity contribution is 7.88. The van der Waals surface area contributed by atoms with Crippen LogP contribution < -0.4 is 5.32 Å². The number of aromatic nitrogens is 2. The van der Waals surface area contributed by atoms with E-state index in [9.17, 15) is 8.42 Å². The van der Waals surface area contributed by atoms with E-state index in [4.69, 9.17) is 4.42 Å². The number of nitrogens with one attached hydrogen (secondary N) is 1. The fourth-order valence-electron chi connectivity index (χ4n) is 2.92. The minimum Gasteiger partial charge on any atom is -0.424 e. The van der Waals surface area contributed by atoms with Gasteiger partial charge >= 0.3 is 0 Å². The number of hydrogen-bond donors (Lipinski definition) is 1. The van der Waals surface area contributed by atoms with E-state index >= 15 is 0 Å². The minimum atomic E-state index is -3.11. The Bertz CT molecular complexity index is 614. The molecule has 0 unspecified atom stereocenters. The molecule has 2 rings (SSSR count). The van der Waals surface area contributed by atoms with Gasteiger partial charge in [-0.25, -0.2) is 12.7 Å². The van der Waals surface area contributed by atoms with Gasteiger partial charge in [0.2, 0.25) is 21.8 Å². The lowest BCUT2D eigenvalue weighted by Gasteiger charge is -2.36. The molecule has 0 radical (unpaired) electrons. The van der Waals surface area contributed by atoms with Gasteiger partial charge in [0, 0.05) is 25.6 Å². The Hall–Kier alpha value is -0.990. The molecular formula is C15H28N4O3S. The summed E-state index contributed by atoms with van der Waals surface area (Å²) in [7, 11) is -3.11. The Morgan fingerprint density at radius 3 is 2.61 bits per heavy atom. The topological polar surface area (TPSA) is 88.3 Å². The summed E-state index contributed by atoms with van der Waals surface area (Å²) in [6, 6.07) is 0.198. The lowest BCUT2D eigenvalue weighted by atomic mass is 9.94. The second-order valence-corrected chi connectivity index (χ2v) is 9.00. The largest absolute Gasteiger partial charge is 0.424 e. The molecule has 1 aromatic rings. The van der Waals surface area contributed by atoms with Gasteiger partial charge in [0.25, 0.3) is 0 Å². The maximum atomic E-state index is 11.6. The zero-order valence-corrected chi connectivity index (χ0v) is 15.4. The summed E-state index contributed by atoms with van der Waals surface area (Å²) < 4.78 is 30.6. The number of piperidine rings is 1. The summed E-state index contributed by atoms with van der Waals surface area (Å²) in [5, 5.41) is 11.7. The molecule has 1 aromatic heterocycles. The van der Waals surface area contributed by atoms with Crippen LogP contribution in [0.2, 0.25) is 0 Å². The highest BCUT2D eigenvalue weighted by atomic mass is 32.2. The second-order valence-electron chi connectivity index (χ2n) is 7.01. The highest BCUT2D eigenvalue weighted by Gasteiger charge is 2.31. The van der Waals surface area contributed by atoms with Gasteiger partial charge < -0.3 is 9.73 Å². The van der Waals surface area contributed by atoms with E-state index in [1.807, 2.05) is 6.92 Å². The molecule has 1 saturated heterocycles. The van der Waals surface area contributed by atoms with Crippen molar-refractivity contribution in [1.82, 2.24) is 19.8 Å². The summed E-state index contributed by atoms with van der Waals surface area (Å²) in [6.45, 7) is 9.40. The zero-order chi connectivity index (χ0) is 17.2. The van der Waals surface area contributed by atoms with Crippen molar-refractivity contribution in [2.75, 3.05) is 19.3 Å². The third-order valence-corrected chi connectivity index (χ3v) is 5.51. The second kappa shape index (κ2) is 7.27. The molecule has 23 heavy (non-hydrogen) atoms. The van der Waals surface area contributed by atoms with Crippen molar-refractivity contribution in [3.8, 4) is 0 Å². The summed E-state index contributed by atoms with van der Waals surface area (Å²) in [5.41, 5.74) is 0. The molecule has 0 bridgehead atoms. The third kappa shape index (κ3) is 4.99. The Morgan fingerprint density at radius 1 is 1.35 bits per heavy atom. The number of nitrogens with zero attached hydrogens (tertiary/aromatic N) is 3. The van der Waals surface area contributed by atoms with Crippen LogP contribution in [0, 0.1) is 11.8 Å². The Kier molecular flexibility index (Phi) is 5.80. The first-order chi connectivity index (χ1) is 10.7. The molecule has 0 aliphatic carbocycles. The van der Waals surface area contributed by atoms with Crippen molar-refractivity contribution in [2.24, 2.45) is 11.8 Å². The molecule has 2 heterocycles. The molecule has 1 fully saturated rings. The molecule has 0 amide bonds. The fraction of sp³-hybridized carbons (Fsp3) is 0.867. The summed E-state index contributed by atoms with van der Waals surface area (Å²) >= 11 is 0. The van der Waals surface area contributed by atoms with Gasteiger partial charge in [0.05, 0.1) is 12.3 Å². The summed E-state index contributed by atoms with van der Waals surface area (Å²) in [4.78, 5) is 0. The minimum absolute atomic E-state index is 0.0411. The van der Waals surface area contributed by atoms with Crippen LogP contribution in [-0.4, -0.2) is 48.3 Å². The van der Waals surface area contributed by atoms with Crippen LogP contribution in [0.3, 0.4) is 0 Å². The fourth-order valence-corrected chi connectivity index (χ4v) is 3.86. The monoisotopic (exact) mass is 344 g/mol. The van der Waals surface area contributed by atoms with Gasteiger partial charge in [0.15, 0.2) is 0 Å². The normalized spacial score (nSPS) is 25.0. The van der Waals surface area contributed by atoms with E-state index in [0.29, 0.717) is 30.8 Å². The molecule has 3 atom stereocenters. The summed E-state index contributed by atoms with van der Waals surface area (Å²) in [6.07, 6.45) is 2.83. The van der Waals surface area contributed by atoms with Gasteiger partial charge in [0.1, 0.15) is 0 Å². The standard InChI is InChI=1S/C15H28N4O3S/c1-10(2)8-14-17-18-15(22-14)12(4)16-13-6-7-19(9-11(13)3)23(5,20)21/h10-13,16H,6-9H2,1-5H3/t11-,12+,13+/m1/s1. The van der Waals surface area contributed by atoms with Gasteiger partial charge in [-0.15, -0.1) is 10.2 Å². The van der Waals surface area contributed by atoms with Crippen molar-refractivity contribution in [3.63, 3.8) is 0 Å². The van der Waals surface area contributed by atoms with Crippen molar-refractivity contribution in [1.29, 1.82) is 0 Å². The van der Waals surface area contributed by atoms with E-state index in [-0.39, 0.29) is 18.0 Å². The predicted molar refractivity (Wildman–Crippen MR) is 88.4 cm³/mol. The van der Waals surface area contributed by atoms with Gasteiger partial charge in [-0.1, -0.05) is 20.8 Å². The quantitative estimate of drug-likeness (QED) is 0.843. The molecule has 1 aliphatic heterocycles. The van der Waals surface area contributed by atoms with Gasteiger partial charge in [-0.05, 0) is 25.2 Å². The van der Waals surface area contributed by atoms with E-state index in [0.717, 1.165) is 12.8 Å². The first kappa shape index (κ1) is 18.4. The number of sulfonamides is 1. The molecule has 1 aliphatic rings. The SMILES string of the molecule is CC(C)Cc1nnc([C@H](C)N[C@H]2CCN(S(C)(=O)=O)C[C@H]2C)o1.